The summed E-state index contributed by atoms with van der Waals surface area (Å²) in [6.45, 7) is 17.5. The van der Waals surface area contributed by atoms with Crippen molar-refractivity contribution in [2.45, 2.75) is 83.1 Å². The number of aliphatic hydroxyl groups excluding tert-OH is 1. The molecule has 0 amide bonds. The average molecular weight is 951 g/mol. The number of benzene rings is 5. The first-order chi connectivity index (χ1) is 34.1. The van der Waals surface area contributed by atoms with Crippen molar-refractivity contribution in [3.63, 3.8) is 0 Å². The Balaban J connectivity index is 0.00000325. The lowest BCUT2D eigenvalue weighted by molar-refractivity contribution is 0.358. The first-order valence-corrected chi connectivity index (χ1v) is 27.1. The summed E-state index contributed by atoms with van der Waals surface area (Å²) in [6.07, 6.45) is 8.82. The van der Waals surface area contributed by atoms with Crippen LogP contribution in [0, 0.1) is 5.92 Å². The van der Waals surface area contributed by atoms with E-state index < -0.39 is 13.9 Å². The molecule has 0 saturated carbocycles. The summed E-state index contributed by atoms with van der Waals surface area (Å²) < 4.78 is 11.2. The molecule has 0 radical (unpaired) electrons. The predicted molar refractivity (Wildman–Crippen MR) is 289 cm³/mol. The van der Waals surface area contributed by atoms with E-state index in [4.69, 9.17) is 29.9 Å². The molecule has 0 bridgehead atoms. The largest absolute Gasteiger partial charge is 0.543 e. The number of fused-ring (bicyclic) bond motifs is 1. The van der Waals surface area contributed by atoms with Crippen LogP contribution in [0.4, 0.5) is 5.82 Å². The van der Waals surface area contributed by atoms with Crippen molar-refractivity contribution in [2.24, 2.45) is 5.92 Å². The molecular weight excluding hydrogens is 881 g/mol. The van der Waals surface area contributed by atoms with Crippen molar-refractivity contribution in [2.75, 3.05) is 39.1 Å². The Labute approximate surface area is 416 Å². The number of aliphatic hydroxyl groups is 1. The molecule has 1 fully saturated rings. The number of anilines is 1. The molecule has 3 aromatic heterocycles. The molecule has 11 heteroatoms. The Hall–Kier alpha value is -6.66. The van der Waals surface area contributed by atoms with Gasteiger partial charge in [0.25, 0.3) is 8.32 Å². The number of aromatic nitrogens is 6. The van der Waals surface area contributed by atoms with E-state index >= 15 is 0 Å². The maximum Gasteiger partial charge on any atom is 0.258 e. The second-order valence-corrected chi connectivity index (χ2v) is 24.9. The molecule has 1 atom stereocenters. The molecular formula is C59H70N8O2Si. The molecule has 1 aliphatic rings. The zero-order chi connectivity index (χ0) is 49.3. The van der Waals surface area contributed by atoms with Crippen LogP contribution in [0.1, 0.15) is 86.9 Å². The second kappa shape index (κ2) is 22.4. The van der Waals surface area contributed by atoms with Crippen molar-refractivity contribution in [3.05, 3.63) is 209 Å². The highest BCUT2D eigenvalue weighted by Gasteiger charge is 2.47. The summed E-state index contributed by atoms with van der Waals surface area (Å²) in [7, 11) is 0.796. The summed E-state index contributed by atoms with van der Waals surface area (Å²) in [4.78, 5) is 7.89. The third kappa shape index (κ3) is 10.1. The van der Waals surface area contributed by atoms with Crippen LogP contribution in [-0.2, 0) is 18.5 Å². The lowest BCUT2D eigenvalue weighted by atomic mass is 9.77. The van der Waals surface area contributed by atoms with Crippen LogP contribution in [0.15, 0.2) is 170 Å². The Morgan fingerprint density at radius 2 is 1.33 bits per heavy atom. The van der Waals surface area contributed by atoms with Gasteiger partial charge in [0.05, 0.1) is 12.7 Å². The van der Waals surface area contributed by atoms with E-state index in [-0.39, 0.29) is 0 Å². The minimum absolute atomic E-state index is 0.483. The maximum absolute atomic E-state index is 7.13. The minimum Gasteiger partial charge on any atom is -0.543 e. The summed E-state index contributed by atoms with van der Waals surface area (Å²) in [5.74, 6) is 2.28. The van der Waals surface area contributed by atoms with Crippen molar-refractivity contribution in [1.29, 1.82) is 0 Å². The van der Waals surface area contributed by atoms with E-state index in [9.17, 15) is 0 Å². The molecule has 10 nitrogen and oxygen atoms in total. The summed E-state index contributed by atoms with van der Waals surface area (Å²) in [5.41, 5.74) is 10.7. The molecule has 4 heterocycles. The molecule has 9 rings (SSSR count). The standard InChI is InChI=1S/C58H66N8OSi.CH4O/c1-42(2)68(43(3)4,44(5)6)67-52-30-20-23-46(36-52)40-65-41-48(38-60-65)53(32-34-64-33-31-47(39-64)35-45-21-12-8-13-22-45)54-37-55(59-7)61-57-56(54)62-63-66(57)58(49-24-14-9-15-25-49,50-26-16-10-17-27-50)51-28-18-11-19-29-51;1-2/h8-30,32,36-38,41-44,47H,31,33-35,39-40H2,1-7H3,(H,59,61);2H,1H3/b53-32+;/t47-;/m0./s1. The molecule has 8 aromatic rings. The number of nitrogens with zero attached hydrogens (tertiary/aromatic N) is 7. The van der Waals surface area contributed by atoms with Crippen LogP contribution < -0.4 is 9.74 Å². The first kappa shape index (κ1) is 49.7. The van der Waals surface area contributed by atoms with Gasteiger partial charge in [-0.15, -0.1) is 5.10 Å². The van der Waals surface area contributed by atoms with E-state index in [1.54, 1.807) is 0 Å². The van der Waals surface area contributed by atoms with Gasteiger partial charge in [-0.05, 0) is 93.5 Å². The molecule has 2 N–H and O–H groups in total. The lowest BCUT2D eigenvalue weighted by Gasteiger charge is -2.42. The van der Waals surface area contributed by atoms with Gasteiger partial charge in [-0.25, -0.2) is 9.67 Å². The van der Waals surface area contributed by atoms with E-state index in [0.29, 0.717) is 34.7 Å². The molecule has 0 aliphatic carbocycles. The fraction of sp³-hybridized carbons (Fsp3) is 0.322. The van der Waals surface area contributed by atoms with E-state index in [2.05, 4.69) is 216 Å². The number of likely N-dealkylation sites (tertiary alicyclic amines) is 1. The summed E-state index contributed by atoms with van der Waals surface area (Å²) >= 11 is 0. The topological polar surface area (TPSA) is 106 Å². The van der Waals surface area contributed by atoms with Gasteiger partial charge in [-0.2, -0.15) is 5.10 Å². The van der Waals surface area contributed by atoms with Crippen LogP contribution in [-0.4, -0.2) is 81.9 Å². The summed E-state index contributed by atoms with van der Waals surface area (Å²) in [6, 6.07) is 53.5. The first-order valence-electron chi connectivity index (χ1n) is 24.9. The van der Waals surface area contributed by atoms with Crippen LogP contribution in [0.5, 0.6) is 5.75 Å². The van der Waals surface area contributed by atoms with Gasteiger partial charge in [0.2, 0.25) is 0 Å². The Bertz CT molecular complexity index is 2820. The van der Waals surface area contributed by atoms with E-state index in [1.807, 2.05) is 22.6 Å². The SMILES string of the molecule is CNc1cc(/C(=C/CN2CC[C@@H](Cc3ccccc3)C2)c2cnn(Cc3cccc(O[Si](C(C)C)(C(C)C)C(C)C)c3)c2)c2nnn(C(c3ccccc3)(c3ccccc3)c3ccccc3)c2n1.CO. The second-order valence-electron chi connectivity index (χ2n) is 19.5. The molecule has 362 valence electrons. The van der Waals surface area contributed by atoms with Crippen LogP contribution in [0.25, 0.3) is 16.7 Å². The van der Waals surface area contributed by atoms with Crippen molar-refractivity contribution >= 4 is 30.9 Å². The Morgan fingerprint density at radius 3 is 1.90 bits per heavy atom. The predicted octanol–water partition coefficient (Wildman–Crippen LogP) is 12.1. The maximum atomic E-state index is 7.13. The average Bonchev–Trinajstić information content (AvgIpc) is 4.16. The van der Waals surface area contributed by atoms with Crippen molar-refractivity contribution in [3.8, 4) is 5.75 Å². The highest BCUT2D eigenvalue weighted by atomic mass is 28.4. The van der Waals surface area contributed by atoms with Gasteiger partial charge in [0, 0.05) is 44.6 Å². The highest BCUT2D eigenvalue weighted by Crippen LogP contribution is 2.44. The smallest absolute Gasteiger partial charge is 0.258 e. The summed E-state index contributed by atoms with van der Waals surface area (Å²) in [5, 5.41) is 25.7. The Morgan fingerprint density at radius 1 is 0.757 bits per heavy atom. The molecule has 5 aromatic carbocycles. The third-order valence-electron chi connectivity index (χ3n) is 14.3. The fourth-order valence-corrected chi connectivity index (χ4v) is 16.4. The minimum atomic E-state index is -2.13. The third-order valence-corrected chi connectivity index (χ3v) is 20.3. The lowest BCUT2D eigenvalue weighted by Crippen LogP contribution is -2.50. The zero-order valence-electron chi connectivity index (χ0n) is 42.2. The number of nitrogens with one attached hydrogen (secondary N) is 1. The van der Waals surface area contributed by atoms with Gasteiger partial charge in [0.15, 0.2) is 5.65 Å². The number of pyridine rings is 1. The molecule has 1 aliphatic heterocycles. The zero-order valence-corrected chi connectivity index (χ0v) is 43.2. The van der Waals surface area contributed by atoms with Crippen molar-refractivity contribution < 1.29 is 9.53 Å². The van der Waals surface area contributed by atoms with Gasteiger partial charge in [-0.3, -0.25) is 9.58 Å². The van der Waals surface area contributed by atoms with Crippen LogP contribution >= 0.6 is 0 Å². The van der Waals surface area contributed by atoms with Gasteiger partial charge < -0.3 is 14.8 Å². The number of hydrogen-bond acceptors (Lipinski definition) is 8. The van der Waals surface area contributed by atoms with Crippen molar-refractivity contribution in [1.82, 2.24) is 34.7 Å². The number of rotatable bonds is 18. The van der Waals surface area contributed by atoms with Gasteiger partial charge in [0.1, 0.15) is 22.6 Å². The van der Waals surface area contributed by atoms with Crippen LogP contribution in [0.3, 0.4) is 0 Å². The monoisotopic (exact) mass is 951 g/mol. The van der Waals surface area contributed by atoms with Gasteiger partial charge >= 0.3 is 0 Å². The van der Waals surface area contributed by atoms with Crippen LogP contribution in [0.2, 0.25) is 16.6 Å². The number of hydrogen-bond donors (Lipinski definition) is 2. The quantitative estimate of drug-likeness (QED) is 0.0647. The van der Waals surface area contributed by atoms with E-state index in [1.165, 1.54) is 12.0 Å². The molecule has 0 spiro atoms. The fourth-order valence-electron chi connectivity index (χ4n) is 11.2. The Kier molecular flexibility index (Phi) is 15.9. The molecule has 1 saturated heterocycles. The molecule has 0 unspecified atom stereocenters. The molecule has 70 heavy (non-hydrogen) atoms. The van der Waals surface area contributed by atoms with E-state index in [0.717, 1.165) is 89.2 Å². The highest BCUT2D eigenvalue weighted by molar-refractivity contribution is 6.78. The van der Waals surface area contributed by atoms with Gasteiger partial charge in [-0.1, -0.05) is 186 Å². The normalized spacial score (nSPS) is 14.6.